The molecule has 0 aliphatic heterocycles. The first-order valence-corrected chi connectivity index (χ1v) is 4.46. The topological polar surface area (TPSA) is 48.6 Å². The first-order chi connectivity index (χ1) is 5.62. The lowest BCUT2D eigenvalue weighted by atomic mass is 10.1. The van der Waals surface area contributed by atoms with Gasteiger partial charge in [0.1, 0.15) is 0 Å². The highest BCUT2D eigenvalue weighted by Gasteiger charge is 2.26. The number of carbonyl (C=O) groups is 1. The third kappa shape index (κ3) is 9.40. The van der Waals surface area contributed by atoms with Gasteiger partial charge in [-0.3, -0.25) is 4.79 Å². The molecule has 80 valence electrons. The number of halogens is 2. The minimum atomic E-state index is -3.09. The molecule has 0 amide bonds. The lowest BCUT2D eigenvalue weighted by Gasteiger charge is -2.07. The summed E-state index contributed by atoms with van der Waals surface area (Å²) in [4.78, 5) is 9.80. The van der Waals surface area contributed by atoms with E-state index in [0.29, 0.717) is 6.42 Å². The number of carbonyl (C=O) groups excluding carboxylic acids is 1. The quantitative estimate of drug-likeness (QED) is 0.455. The predicted octanol–water partition coefficient (Wildman–Crippen LogP) is 2.36. The monoisotopic (exact) mass is 196 g/mol. The van der Waals surface area contributed by atoms with Crippen LogP contribution in [0.3, 0.4) is 0 Å². The van der Waals surface area contributed by atoms with Gasteiger partial charge in [-0.25, -0.2) is 0 Å². The van der Waals surface area contributed by atoms with E-state index < -0.39 is 5.92 Å². The fraction of sp³-hybridized carbons (Fsp3) is 0.889. The maximum absolute atomic E-state index is 12.3. The third-order valence-corrected chi connectivity index (χ3v) is 1.79. The molecule has 0 bridgehead atoms. The van der Waals surface area contributed by atoms with Crippen LogP contribution < -0.4 is 0 Å². The summed E-state index contributed by atoms with van der Waals surface area (Å²) in [5, 5.41) is 0. The van der Waals surface area contributed by atoms with Gasteiger partial charge in [-0.05, 0) is 6.42 Å². The van der Waals surface area contributed by atoms with Gasteiger partial charge in [0, 0.05) is 6.42 Å². The molecule has 2 N–H and O–H groups in total. The van der Waals surface area contributed by atoms with Crippen molar-refractivity contribution in [2.45, 2.75) is 51.4 Å². The molecule has 0 spiro atoms. The predicted molar refractivity (Wildman–Crippen MR) is 48.0 cm³/mol. The smallest absolute Gasteiger partial charge is 0.302 e. The highest BCUT2D eigenvalue weighted by Crippen LogP contribution is 2.19. The SMILES string of the molecule is CCCCCCCC(F)(F)C=O.O. The van der Waals surface area contributed by atoms with Crippen LogP contribution in [0.4, 0.5) is 8.78 Å². The van der Waals surface area contributed by atoms with Crippen molar-refractivity contribution in [1.82, 2.24) is 0 Å². The van der Waals surface area contributed by atoms with E-state index in [9.17, 15) is 13.6 Å². The molecule has 0 radical (unpaired) electrons. The number of aldehydes is 1. The van der Waals surface area contributed by atoms with E-state index in [2.05, 4.69) is 6.92 Å². The Balaban J connectivity index is 0. The first kappa shape index (κ1) is 15.0. The molecule has 0 aromatic rings. The molecule has 2 nitrogen and oxygen atoms in total. The van der Waals surface area contributed by atoms with Gasteiger partial charge in [-0.1, -0.05) is 32.6 Å². The lowest BCUT2D eigenvalue weighted by Crippen LogP contribution is -2.16. The Kier molecular flexibility index (Phi) is 9.34. The van der Waals surface area contributed by atoms with E-state index in [1.54, 1.807) is 0 Å². The second-order valence-electron chi connectivity index (χ2n) is 3.04. The molecule has 0 heterocycles. The normalized spacial score (nSPS) is 10.7. The van der Waals surface area contributed by atoms with Crippen molar-refractivity contribution in [2.24, 2.45) is 0 Å². The van der Waals surface area contributed by atoms with Gasteiger partial charge in [-0.2, -0.15) is 8.78 Å². The molecule has 0 aromatic carbocycles. The average Bonchev–Trinajstić information content (AvgIpc) is 2.04. The average molecular weight is 196 g/mol. The molecule has 4 heteroatoms. The molecule has 13 heavy (non-hydrogen) atoms. The molecule has 0 saturated carbocycles. The molecule has 0 unspecified atom stereocenters. The lowest BCUT2D eigenvalue weighted by molar-refractivity contribution is -0.130. The van der Waals surface area contributed by atoms with Gasteiger partial charge in [0.2, 0.25) is 0 Å². The van der Waals surface area contributed by atoms with Crippen molar-refractivity contribution in [1.29, 1.82) is 0 Å². The van der Waals surface area contributed by atoms with Crippen LogP contribution in [-0.2, 0) is 4.79 Å². The maximum atomic E-state index is 12.3. The van der Waals surface area contributed by atoms with Crippen LogP contribution in [0, 0.1) is 0 Å². The fourth-order valence-corrected chi connectivity index (χ4v) is 1.02. The molecule has 0 fully saturated rings. The Hall–Kier alpha value is -0.510. The number of unbranched alkanes of at least 4 members (excludes halogenated alkanes) is 4. The van der Waals surface area contributed by atoms with Crippen LogP contribution in [0.2, 0.25) is 0 Å². The standard InChI is InChI=1S/C9H16F2O.H2O/c1-2-3-4-5-6-7-9(10,11)8-12;/h8H,2-7H2,1H3;1H2. The highest BCUT2D eigenvalue weighted by atomic mass is 19.3. The van der Waals surface area contributed by atoms with Crippen molar-refractivity contribution in [3.05, 3.63) is 0 Å². The fourth-order valence-electron chi connectivity index (χ4n) is 1.02. The van der Waals surface area contributed by atoms with E-state index in [1.165, 1.54) is 0 Å². The van der Waals surface area contributed by atoms with Gasteiger partial charge in [0.25, 0.3) is 0 Å². The molecule has 0 aromatic heterocycles. The van der Waals surface area contributed by atoms with Gasteiger partial charge < -0.3 is 5.48 Å². The first-order valence-electron chi connectivity index (χ1n) is 4.46. The van der Waals surface area contributed by atoms with Crippen LogP contribution in [0.5, 0.6) is 0 Å². The van der Waals surface area contributed by atoms with E-state index in [1.807, 2.05) is 0 Å². The third-order valence-electron chi connectivity index (χ3n) is 1.79. The van der Waals surface area contributed by atoms with Crippen molar-refractivity contribution in [2.75, 3.05) is 0 Å². The van der Waals surface area contributed by atoms with Crippen LogP contribution in [0.15, 0.2) is 0 Å². The van der Waals surface area contributed by atoms with E-state index in [0.717, 1.165) is 25.7 Å². The van der Waals surface area contributed by atoms with Crippen LogP contribution in [-0.4, -0.2) is 17.7 Å². The zero-order chi connectivity index (χ0) is 9.45. The summed E-state index contributed by atoms with van der Waals surface area (Å²) in [5.74, 6) is -3.09. The van der Waals surface area contributed by atoms with E-state index in [4.69, 9.17) is 0 Å². The van der Waals surface area contributed by atoms with Crippen molar-refractivity contribution < 1.29 is 19.1 Å². The summed E-state index contributed by atoms with van der Waals surface area (Å²) < 4.78 is 24.6. The zero-order valence-corrected chi connectivity index (χ0v) is 7.98. The molecule has 0 aliphatic rings. The molecular formula is C9H18F2O2. The Morgan fingerprint density at radius 3 is 2.15 bits per heavy atom. The molecule has 0 aliphatic carbocycles. The molecule has 0 rings (SSSR count). The van der Waals surface area contributed by atoms with Crippen LogP contribution in [0.1, 0.15) is 45.4 Å². The second kappa shape index (κ2) is 8.10. The van der Waals surface area contributed by atoms with Gasteiger partial charge in [0.15, 0.2) is 6.29 Å². The summed E-state index contributed by atoms with van der Waals surface area (Å²) >= 11 is 0. The number of alkyl halides is 2. The summed E-state index contributed by atoms with van der Waals surface area (Å²) in [5.41, 5.74) is 0. The van der Waals surface area contributed by atoms with Crippen molar-refractivity contribution >= 4 is 6.29 Å². The zero-order valence-electron chi connectivity index (χ0n) is 7.98. The Morgan fingerprint density at radius 1 is 1.15 bits per heavy atom. The summed E-state index contributed by atoms with van der Waals surface area (Å²) in [6, 6.07) is 0. The summed E-state index contributed by atoms with van der Waals surface area (Å²) in [6.45, 7) is 2.07. The van der Waals surface area contributed by atoms with Crippen LogP contribution in [0.25, 0.3) is 0 Å². The van der Waals surface area contributed by atoms with Gasteiger partial charge >= 0.3 is 5.92 Å². The van der Waals surface area contributed by atoms with Crippen molar-refractivity contribution in [3.8, 4) is 0 Å². The summed E-state index contributed by atoms with van der Waals surface area (Å²) in [7, 11) is 0. The molecule has 0 atom stereocenters. The van der Waals surface area contributed by atoms with Gasteiger partial charge in [-0.15, -0.1) is 0 Å². The number of rotatable bonds is 7. The second-order valence-corrected chi connectivity index (χ2v) is 3.04. The van der Waals surface area contributed by atoms with E-state index >= 15 is 0 Å². The number of hydrogen-bond donors (Lipinski definition) is 0. The highest BCUT2D eigenvalue weighted by molar-refractivity contribution is 5.59. The Morgan fingerprint density at radius 2 is 1.69 bits per heavy atom. The Labute approximate surface area is 77.6 Å². The number of hydrogen-bond acceptors (Lipinski definition) is 1. The molecule has 0 saturated heterocycles. The van der Waals surface area contributed by atoms with E-state index in [-0.39, 0.29) is 18.2 Å². The maximum Gasteiger partial charge on any atom is 0.302 e. The minimum absolute atomic E-state index is 0. The summed E-state index contributed by atoms with van der Waals surface area (Å²) in [6.07, 6.45) is 3.89. The minimum Gasteiger partial charge on any atom is -0.412 e. The van der Waals surface area contributed by atoms with Gasteiger partial charge in [0.05, 0.1) is 0 Å². The Bertz CT molecular complexity index is 127. The molecular weight excluding hydrogens is 178 g/mol. The van der Waals surface area contributed by atoms with Crippen LogP contribution >= 0.6 is 0 Å². The largest absolute Gasteiger partial charge is 0.412 e. The van der Waals surface area contributed by atoms with Crippen molar-refractivity contribution in [3.63, 3.8) is 0 Å².